The third-order valence-electron chi connectivity index (χ3n) is 3.69. The molecule has 1 saturated heterocycles. The summed E-state index contributed by atoms with van der Waals surface area (Å²) in [6, 6.07) is 7.96. The molecule has 1 aromatic carbocycles. The van der Waals surface area contributed by atoms with E-state index >= 15 is 0 Å². The molecule has 1 fully saturated rings. The molecule has 2 rings (SSSR count). The summed E-state index contributed by atoms with van der Waals surface area (Å²) in [4.78, 5) is 13.0. The summed E-state index contributed by atoms with van der Waals surface area (Å²) >= 11 is 5.88. The SMILES string of the molecule is O=C(O)CCC1CCCN(Cc2ccc(Cl)cc2)C1. The van der Waals surface area contributed by atoms with Gasteiger partial charge in [0, 0.05) is 24.5 Å². The molecule has 104 valence electrons. The van der Waals surface area contributed by atoms with Crippen LogP contribution in [0.1, 0.15) is 31.2 Å². The first-order chi connectivity index (χ1) is 9.13. The van der Waals surface area contributed by atoms with Crippen LogP contribution in [0.2, 0.25) is 5.02 Å². The third kappa shape index (κ3) is 4.84. The first kappa shape index (κ1) is 14.4. The second kappa shape index (κ2) is 6.92. The van der Waals surface area contributed by atoms with E-state index in [1.165, 1.54) is 5.56 Å². The van der Waals surface area contributed by atoms with Crippen LogP contribution in [0.25, 0.3) is 0 Å². The van der Waals surface area contributed by atoms with Gasteiger partial charge in [0.15, 0.2) is 0 Å². The van der Waals surface area contributed by atoms with Gasteiger partial charge in [-0.2, -0.15) is 0 Å². The van der Waals surface area contributed by atoms with Crippen LogP contribution in [0.3, 0.4) is 0 Å². The smallest absolute Gasteiger partial charge is 0.303 e. The Kier molecular flexibility index (Phi) is 5.23. The van der Waals surface area contributed by atoms with E-state index in [0.29, 0.717) is 12.3 Å². The highest BCUT2D eigenvalue weighted by Gasteiger charge is 2.20. The van der Waals surface area contributed by atoms with E-state index in [1.807, 2.05) is 12.1 Å². The van der Waals surface area contributed by atoms with Crippen molar-refractivity contribution in [2.24, 2.45) is 5.92 Å². The Morgan fingerprint density at radius 3 is 2.79 bits per heavy atom. The monoisotopic (exact) mass is 281 g/mol. The average molecular weight is 282 g/mol. The van der Waals surface area contributed by atoms with Gasteiger partial charge in [0.1, 0.15) is 0 Å². The molecule has 19 heavy (non-hydrogen) atoms. The Bertz CT molecular complexity index is 419. The van der Waals surface area contributed by atoms with Gasteiger partial charge in [-0.15, -0.1) is 0 Å². The van der Waals surface area contributed by atoms with Crippen LogP contribution in [-0.2, 0) is 11.3 Å². The van der Waals surface area contributed by atoms with Gasteiger partial charge in [0.2, 0.25) is 0 Å². The second-order valence-corrected chi connectivity index (χ2v) is 5.74. The fraction of sp³-hybridized carbons (Fsp3) is 0.533. The minimum Gasteiger partial charge on any atom is -0.481 e. The van der Waals surface area contributed by atoms with Crippen LogP contribution >= 0.6 is 11.6 Å². The maximum atomic E-state index is 10.6. The number of carboxylic acids is 1. The molecule has 1 unspecified atom stereocenters. The summed E-state index contributed by atoms with van der Waals surface area (Å²) in [6.45, 7) is 3.04. The lowest BCUT2D eigenvalue weighted by molar-refractivity contribution is -0.137. The Morgan fingerprint density at radius 2 is 2.11 bits per heavy atom. The number of nitrogens with zero attached hydrogens (tertiary/aromatic N) is 1. The first-order valence-electron chi connectivity index (χ1n) is 6.82. The van der Waals surface area contributed by atoms with Crippen molar-refractivity contribution in [2.45, 2.75) is 32.2 Å². The number of hydrogen-bond acceptors (Lipinski definition) is 2. The number of benzene rings is 1. The Morgan fingerprint density at radius 1 is 1.37 bits per heavy atom. The Balaban J connectivity index is 1.83. The number of carbonyl (C=O) groups is 1. The molecule has 1 atom stereocenters. The third-order valence-corrected chi connectivity index (χ3v) is 3.94. The number of carboxylic acid groups (broad SMARTS) is 1. The minimum absolute atomic E-state index is 0.291. The highest BCUT2D eigenvalue weighted by Crippen LogP contribution is 2.22. The van der Waals surface area contributed by atoms with Crippen LogP contribution in [0.15, 0.2) is 24.3 Å². The summed E-state index contributed by atoms with van der Waals surface area (Å²) in [5, 5.41) is 9.51. The van der Waals surface area contributed by atoms with Crippen molar-refractivity contribution in [1.82, 2.24) is 4.90 Å². The molecule has 0 radical (unpaired) electrons. The van der Waals surface area contributed by atoms with Crippen molar-refractivity contribution >= 4 is 17.6 Å². The lowest BCUT2D eigenvalue weighted by Crippen LogP contribution is -2.35. The lowest BCUT2D eigenvalue weighted by atomic mass is 9.93. The normalized spacial score (nSPS) is 20.4. The fourth-order valence-corrected chi connectivity index (χ4v) is 2.83. The van der Waals surface area contributed by atoms with Crippen molar-refractivity contribution in [2.75, 3.05) is 13.1 Å². The maximum absolute atomic E-state index is 10.6. The van der Waals surface area contributed by atoms with E-state index in [0.717, 1.165) is 43.9 Å². The van der Waals surface area contributed by atoms with Crippen molar-refractivity contribution in [1.29, 1.82) is 0 Å². The van der Waals surface area contributed by atoms with Crippen LogP contribution in [-0.4, -0.2) is 29.1 Å². The molecule has 1 N–H and O–H groups in total. The Hall–Kier alpha value is -1.06. The Labute approximate surface area is 119 Å². The highest BCUT2D eigenvalue weighted by molar-refractivity contribution is 6.30. The quantitative estimate of drug-likeness (QED) is 0.899. The number of rotatable bonds is 5. The topological polar surface area (TPSA) is 40.5 Å². The van der Waals surface area contributed by atoms with Crippen molar-refractivity contribution in [3.63, 3.8) is 0 Å². The molecule has 1 aliphatic heterocycles. The molecule has 0 amide bonds. The minimum atomic E-state index is -0.685. The summed E-state index contributed by atoms with van der Waals surface area (Å²) in [5.41, 5.74) is 1.27. The summed E-state index contributed by atoms with van der Waals surface area (Å²) in [7, 11) is 0. The molecule has 1 aliphatic rings. The van der Waals surface area contributed by atoms with E-state index in [4.69, 9.17) is 16.7 Å². The number of likely N-dealkylation sites (tertiary alicyclic amines) is 1. The number of aliphatic carboxylic acids is 1. The molecule has 1 aromatic rings. The molecule has 0 spiro atoms. The van der Waals surface area contributed by atoms with Crippen LogP contribution in [0, 0.1) is 5.92 Å². The molecule has 4 heteroatoms. The molecule has 0 aromatic heterocycles. The van der Waals surface area contributed by atoms with E-state index in [1.54, 1.807) is 0 Å². The molecule has 0 aliphatic carbocycles. The number of hydrogen-bond donors (Lipinski definition) is 1. The van der Waals surface area contributed by atoms with Crippen LogP contribution < -0.4 is 0 Å². The molecular weight excluding hydrogens is 262 g/mol. The van der Waals surface area contributed by atoms with Gasteiger partial charge in [-0.05, 0) is 49.4 Å². The zero-order chi connectivity index (χ0) is 13.7. The van der Waals surface area contributed by atoms with Crippen molar-refractivity contribution in [3.8, 4) is 0 Å². The summed E-state index contributed by atoms with van der Waals surface area (Å²) in [5.74, 6) is -0.160. The predicted octanol–water partition coefficient (Wildman–Crippen LogP) is 3.42. The largest absolute Gasteiger partial charge is 0.481 e. The van der Waals surface area contributed by atoms with Gasteiger partial charge in [0.05, 0.1) is 0 Å². The predicted molar refractivity (Wildman–Crippen MR) is 76.3 cm³/mol. The zero-order valence-electron chi connectivity index (χ0n) is 11.0. The van der Waals surface area contributed by atoms with Crippen molar-refractivity contribution < 1.29 is 9.90 Å². The standard InChI is InChI=1S/C15H20ClNO2/c16-14-6-3-13(4-7-14)11-17-9-1-2-12(10-17)5-8-15(18)19/h3-4,6-7,12H,1-2,5,8-11H2,(H,18,19). The van der Waals surface area contributed by atoms with E-state index in [-0.39, 0.29) is 0 Å². The van der Waals surface area contributed by atoms with E-state index < -0.39 is 5.97 Å². The molecule has 0 bridgehead atoms. The van der Waals surface area contributed by atoms with Crippen LogP contribution in [0.5, 0.6) is 0 Å². The van der Waals surface area contributed by atoms with Gasteiger partial charge in [-0.1, -0.05) is 23.7 Å². The highest BCUT2D eigenvalue weighted by atomic mass is 35.5. The van der Waals surface area contributed by atoms with Crippen LogP contribution in [0.4, 0.5) is 0 Å². The molecule has 1 heterocycles. The average Bonchev–Trinajstić information content (AvgIpc) is 2.40. The molecule has 3 nitrogen and oxygen atoms in total. The molecule has 0 saturated carbocycles. The second-order valence-electron chi connectivity index (χ2n) is 5.30. The van der Waals surface area contributed by atoms with Gasteiger partial charge in [-0.3, -0.25) is 9.69 Å². The van der Waals surface area contributed by atoms with Crippen molar-refractivity contribution in [3.05, 3.63) is 34.9 Å². The van der Waals surface area contributed by atoms with Gasteiger partial charge in [0.25, 0.3) is 0 Å². The summed E-state index contributed by atoms with van der Waals surface area (Å²) < 4.78 is 0. The lowest BCUT2D eigenvalue weighted by Gasteiger charge is -2.32. The zero-order valence-corrected chi connectivity index (χ0v) is 11.8. The molecular formula is C15H20ClNO2. The van der Waals surface area contributed by atoms with E-state index in [2.05, 4.69) is 17.0 Å². The number of halogens is 1. The maximum Gasteiger partial charge on any atom is 0.303 e. The van der Waals surface area contributed by atoms with Gasteiger partial charge in [-0.25, -0.2) is 0 Å². The van der Waals surface area contributed by atoms with Gasteiger partial charge >= 0.3 is 5.97 Å². The van der Waals surface area contributed by atoms with Gasteiger partial charge < -0.3 is 5.11 Å². The fourth-order valence-electron chi connectivity index (χ4n) is 2.71. The summed E-state index contributed by atoms with van der Waals surface area (Å²) in [6.07, 6.45) is 3.41. The van der Waals surface area contributed by atoms with E-state index in [9.17, 15) is 4.79 Å². The first-order valence-corrected chi connectivity index (χ1v) is 7.20. The number of piperidine rings is 1.